The maximum Gasteiger partial charge on any atom is 0.225 e. The van der Waals surface area contributed by atoms with Crippen molar-refractivity contribution in [3.05, 3.63) is 48.3 Å². The average Bonchev–Trinajstić information content (AvgIpc) is 2.79. The first-order valence-electron chi connectivity index (χ1n) is 10.9. The maximum absolute atomic E-state index is 5.76. The Kier molecular flexibility index (Phi) is 10.8. The topological polar surface area (TPSA) is 65.9 Å². The van der Waals surface area contributed by atoms with Crippen molar-refractivity contribution in [2.24, 2.45) is 10.9 Å². The summed E-state index contributed by atoms with van der Waals surface area (Å²) in [4.78, 5) is 18.1. The van der Waals surface area contributed by atoms with Crippen molar-refractivity contribution in [2.45, 2.75) is 27.2 Å². The Morgan fingerprint density at radius 3 is 2.39 bits per heavy atom. The molecule has 1 fully saturated rings. The lowest BCUT2D eigenvalue weighted by Crippen LogP contribution is -2.53. The molecule has 1 aliphatic rings. The van der Waals surface area contributed by atoms with E-state index in [4.69, 9.17) is 9.73 Å². The first kappa shape index (κ1) is 25.2. The Balaban J connectivity index is 0.00000341. The summed E-state index contributed by atoms with van der Waals surface area (Å²) in [6.07, 6.45) is 4.50. The number of nitrogens with one attached hydrogen (secondary N) is 1. The van der Waals surface area contributed by atoms with E-state index in [1.54, 1.807) is 12.4 Å². The highest BCUT2D eigenvalue weighted by Crippen LogP contribution is 2.14. The van der Waals surface area contributed by atoms with Gasteiger partial charge in [0.25, 0.3) is 0 Å². The molecule has 0 amide bonds. The van der Waals surface area contributed by atoms with Crippen LogP contribution in [-0.2, 0) is 6.42 Å². The Morgan fingerprint density at radius 1 is 1.10 bits per heavy atom. The van der Waals surface area contributed by atoms with Crippen molar-refractivity contribution >= 4 is 35.9 Å². The van der Waals surface area contributed by atoms with Crippen molar-refractivity contribution in [1.29, 1.82) is 0 Å². The van der Waals surface area contributed by atoms with E-state index in [1.165, 1.54) is 5.56 Å². The number of ether oxygens (including phenoxy) is 1. The van der Waals surface area contributed by atoms with Crippen LogP contribution in [0.4, 0.5) is 5.95 Å². The third-order valence-corrected chi connectivity index (χ3v) is 4.92. The molecule has 2 aromatic rings. The number of benzene rings is 1. The van der Waals surface area contributed by atoms with Gasteiger partial charge in [-0.2, -0.15) is 0 Å². The first-order valence-corrected chi connectivity index (χ1v) is 10.9. The molecule has 170 valence electrons. The van der Waals surface area contributed by atoms with Crippen LogP contribution in [-0.4, -0.2) is 66.7 Å². The minimum atomic E-state index is 0. The molecule has 3 rings (SSSR count). The standard InChI is InChI=1S/C23H34N6O.HI/c1-4-24-22(28-14-16-29(17-15-28)23-25-11-5-12-26-23)27-13-10-20-6-8-21(9-7-20)30-18-19(2)3;/h5-9,11-12,19H,4,10,13-18H2,1-3H3,(H,24,27);1H. The van der Waals surface area contributed by atoms with E-state index < -0.39 is 0 Å². The molecule has 2 heterocycles. The highest BCUT2D eigenvalue weighted by molar-refractivity contribution is 14.0. The Hall–Kier alpha value is -2.10. The normalized spacial score (nSPS) is 14.4. The van der Waals surface area contributed by atoms with Gasteiger partial charge in [0.2, 0.25) is 5.95 Å². The van der Waals surface area contributed by atoms with Crippen LogP contribution < -0.4 is 15.0 Å². The zero-order valence-electron chi connectivity index (χ0n) is 18.8. The van der Waals surface area contributed by atoms with Gasteiger partial charge in [-0.15, -0.1) is 24.0 Å². The molecule has 1 N–H and O–H groups in total. The smallest absolute Gasteiger partial charge is 0.225 e. The molecule has 0 bridgehead atoms. The second-order valence-electron chi connectivity index (χ2n) is 7.86. The first-order chi connectivity index (χ1) is 14.7. The third-order valence-electron chi connectivity index (χ3n) is 4.92. The van der Waals surface area contributed by atoms with Gasteiger partial charge in [0.05, 0.1) is 6.61 Å². The fraction of sp³-hybridized carbons (Fsp3) is 0.522. The van der Waals surface area contributed by atoms with Gasteiger partial charge in [-0.05, 0) is 43.0 Å². The quantitative estimate of drug-likeness (QED) is 0.316. The lowest BCUT2D eigenvalue weighted by Gasteiger charge is -2.36. The summed E-state index contributed by atoms with van der Waals surface area (Å²) >= 11 is 0. The molecule has 1 aromatic carbocycles. The molecule has 0 unspecified atom stereocenters. The maximum atomic E-state index is 5.76. The molecule has 1 aromatic heterocycles. The molecule has 8 heteroatoms. The fourth-order valence-corrected chi connectivity index (χ4v) is 3.30. The lowest BCUT2D eigenvalue weighted by atomic mass is 10.1. The van der Waals surface area contributed by atoms with Crippen LogP contribution >= 0.6 is 24.0 Å². The summed E-state index contributed by atoms with van der Waals surface area (Å²) < 4.78 is 5.76. The van der Waals surface area contributed by atoms with E-state index in [9.17, 15) is 0 Å². The van der Waals surface area contributed by atoms with Gasteiger partial charge in [0.1, 0.15) is 5.75 Å². The molecule has 0 spiro atoms. The number of anilines is 1. The molecule has 0 atom stereocenters. The van der Waals surface area contributed by atoms with E-state index in [2.05, 4.69) is 70.1 Å². The van der Waals surface area contributed by atoms with Gasteiger partial charge in [-0.25, -0.2) is 9.97 Å². The number of rotatable bonds is 8. The minimum absolute atomic E-state index is 0. The lowest BCUT2D eigenvalue weighted by molar-refractivity contribution is 0.271. The molecule has 31 heavy (non-hydrogen) atoms. The predicted molar refractivity (Wildman–Crippen MR) is 138 cm³/mol. The van der Waals surface area contributed by atoms with Crippen molar-refractivity contribution in [1.82, 2.24) is 20.2 Å². The zero-order chi connectivity index (χ0) is 21.2. The molecule has 0 aliphatic carbocycles. The number of aliphatic imine (C=N–C) groups is 1. The molecule has 0 saturated carbocycles. The van der Waals surface area contributed by atoms with Crippen LogP contribution in [0.5, 0.6) is 5.75 Å². The highest BCUT2D eigenvalue weighted by Gasteiger charge is 2.20. The van der Waals surface area contributed by atoms with E-state index in [0.717, 1.165) is 70.0 Å². The van der Waals surface area contributed by atoms with Gasteiger partial charge in [0.15, 0.2) is 5.96 Å². The van der Waals surface area contributed by atoms with Crippen LogP contribution in [0.2, 0.25) is 0 Å². The number of guanidine groups is 1. The molecule has 1 saturated heterocycles. The Labute approximate surface area is 203 Å². The van der Waals surface area contributed by atoms with Gasteiger partial charge >= 0.3 is 0 Å². The minimum Gasteiger partial charge on any atom is -0.493 e. The van der Waals surface area contributed by atoms with E-state index in [1.807, 2.05) is 6.07 Å². The van der Waals surface area contributed by atoms with Crippen LogP contribution in [0.3, 0.4) is 0 Å². The van der Waals surface area contributed by atoms with Crippen LogP contribution in [0.15, 0.2) is 47.7 Å². The van der Waals surface area contributed by atoms with E-state index in [-0.39, 0.29) is 24.0 Å². The predicted octanol–water partition coefficient (Wildman–Crippen LogP) is 3.46. The van der Waals surface area contributed by atoms with E-state index in [0.29, 0.717) is 5.92 Å². The number of aromatic nitrogens is 2. The average molecular weight is 538 g/mol. The molecular formula is C23H35IN6O. The summed E-state index contributed by atoms with van der Waals surface area (Å²) in [5, 5.41) is 3.44. The Morgan fingerprint density at radius 2 is 1.77 bits per heavy atom. The summed E-state index contributed by atoms with van der Waals surface area (Å²) in [5.74, 6) is 3.26. The number of piperazine rings is 1. The second-order valence-corrected chi connectivity index (χ2v) is 7.86. The van der Waals surface area contributed by atoms with Gasteiger partial charge < -0.3 is 19.9 Å². The monoisotopic (exact) mass is 538 g/mol. The molecule has 7 nitrogen and oxygen atoms in total. The summed E-state index contributed by atoms with van der Waals surface area (Å²) in [6.45, 7) is 12.4. The highest BCUT2D eigenvalue weighted by atomic mass is 127. The number of hydrogen-bond acceptors (Lipinski definition) is 5. The van der Waals surface area contributed by atoms with Crippen molar-refractivity contribution in [2.75, 3.05) is 50.8 Å². The number of hydrogen-bond donors (Lipinski definition) is 1. The molecule has 1 aliphatic heterocycles. The summed E-state index contributed by atoms with van der Waals surface area (Å²) in [7, 11) is 0. The van der Waals surface area contributed by atoms with Gasteiger partial charge in [-0.3, -0.25) is 4.99 Å². The van der Waals surface area contributed by atoms with Crippen LogP contribution in [0.25, 0.3) is 0 Å². The van der Waals surface area contributed by atoms with Gasteiger partial charge in [-0.1, -0.05) is 26.0 Å². The second kappa shape index (κ2) is 13.3. The molecular weight excluding hydrogens is 503 g/mol. The van der Waals surface area contributed by atoms with Crippen molar-refractivity contribution < 1.29 is 4.74 Å². The van der Waals surface area contributed by atoms with Crippen LogP contribution in [0, 0.1) is 5.92 Å². The van der Waals surface area contributed by atoms with Crippen LogP contribution in [0.1, 0.15) is 26.3 Å². The number of halogens is 1. The summed E-state index contributed by atoms with van der Waals surface area (Å²) in [6, 6.07) is 10.2. The SMILES string of the molecule is CCNC(=NCCc1ccc(OCC(C)C)cc1)N1CCN(c2ncccn2)CC1.I. The fourth-order valence-electron chi connectivity index (χ4n) is 3.30. The van der Waals surface area contributed by atoms with E-state index >= 15 is 0 Å². The zero-order valence-corrected chi connectivity index (χ0v) is 21.2. The molecule has 0 radical (unpaired) electrons. The number of nitrogens with zero attached hydrogens (tertiary/aromatic N) is 5. The third kappa shape index (κ3) is 8.16. The van der Waals surface area contributed by atoms with Crippen molar-refractivity contribution in [3.8, 4) is 5.75 Å². The van der Waals surface area contributed by atoms with Crippen molar-refractivity contribution in [3.63, 3.8) is 0 Å². The Bertz CT molecular complexity index is 776. The summed E-state index contributed by atoms with van der Waals surface area (Å²) in [5.41, 5.74) is 1.28. The largest absolute Gasteiger partial charge is 0.493 e. The van der Waals surface area contributed by atoms with Gasteiger partial charge in [0, 0.05) is 51.7 Å².